The van der Waals surface area contributed by atoms with Gasteiger partial charge in [-0.15, -0.1) is 0 Å². The SMILES string of the molecule is COC(=O)C(N)CCN1CCCN(C)CC1C. The van der Waals surface area contributed by atoms with E-state index in [1.54, 1.807) is 0 Å². The Morgan fingerprint density at radius 3 is 2.88 bits per heavy atom. The molecule has 2 unspecified atom stereocenters. The second-order valence-electron chi connectivity index (χ2n) is 4.92. The number of hydrogen-bond acceptors (Lipinski definition) is 5. The van der Waals surface area contributed by atoms with Crippen molar-refractivity contribution in [1.29, 1.82) is 0 Å². The standard InChI is InChI=1S/C12H25N3O2/c1-10-9-14(2)6-4-7-15(10)8-5-11(13)12(16)17-3/h10-11H,4-9,13H2,1-3H3. The minimum Gasteiger partial charge on any atom is -0.468 e. The molecule has 1 saturated heterocycles. The zero-order chi connectivity index (χ0) is 12.8. The van der Waals surface area contributed by atoms with Crippen LogP contribution in [-0.2, 0) is 9.53 Å². The van der Waals surface area contributed by atoms with E-state index in [1.165, 1.54) is 13.5 Å². The molecule has 0 radical (unpaired) electrons. The van der Waals surface area contributed by atoms with Crippen molar-refractivity contribution < 1.29 is 9.53 Å². The Morgan fingerprint density at radius 2 is 2.24 bits per heavy atom. The molecule has 2 N–H and O–H groups in total. The lowest BCUT2D eigenvalue weighted by molar-refractivity contribution is -0.142. The van der Waals surface area contributed by atoms with Crippen molar-refractivity contribution in [3.63, 3.8) is 0 Å². The quantitative estimate of drug-likeness (QED) is 0.699. The molecule has 1 aliphatic heterocycles. The zero-order valence-electron chi connectivity index (χ0n) is 11.2. The molecule has 0 aromatic carbocycles. The van der Waals surface area contributed by atoms with Crippen LogP contribution < -0.4 is 5.73 Å². The van der Waals surface area contributed by atoms with Gasteiger partial charge in [-0.05, 0) is 39.9 Å². The van der Waals surface area contributed by atoms with Crippen molar-refractivity contribution in [3.8, 4) is 0 Å². The van der Waals surface area contributed by atoms with E-state index in [9.17, 15) is 4.79 Å². The van der Waals surface area contributed by atoms with Gasteiger partial charge in [-0.25, -0.2) is 0 Å². The molecular weight excluding hydrogens is 218 g/mol. The summed E-state index contributed by atoms with van der Waals surface area (Å²) in [5.74, 6) is -0.315. The fourth-order valence-electron chi connectivity index (χ4n) is 2.33. The van der Waals surface area contributed by atoms with Gasteiger partial charge in [0, 0.05) is 19.1 Å². The van der Waals surface area contributed by atoms with Crippen molar-refractivity contribution >= 4 is 5.97 Å². The fraction of sp³-hybridized carbons (Fsp3) is 0.917. The number of esters is 1. The van der Waals surface area contributed by atoms with Crippen LogP contribution in [0.5, 0.6) is 0 Å². The second-order valence-corrected chi connectivity index (χ2v) is 4.92. The maximum atomic E-state index is 11.2. The van der Waals surface area contributed by atoms with E-state index in [-0.39, 0.29) is 5.97 Å². The Balaban J connectivity index is 2.37. The van der Waals surface area contributed by atoms with E-state index in [4.69, 9.17) is 5.73 Å². The van der Waals surface area contributed by atoms with E-state index in [1.807, 2.05) is 0 Å². The van der Waals surface area contributed by atoms with Gasteiger partial charge in [-0.2, -0.15) is 0 Å². The number of carbonyl (C=O) groups is 1. The van der Waals surface area contributed by atoms with Crippen LogP contribution in [0.2, 0.25) is 0 Å². The van der Waals surface area contributed by atoms with E-state index >= 15 is 0 Å². The highest BCUT2D eigenvalue weighted by Gasteiger charge is 2.21. The lowest BCUT2D eigenvalue weighted by atomic mass is 10.2. The molecule has 5 nitrogen and oxygen atoms in total. The molecule has 0 saturated carbocycles. The molecular formula is C12H25N3O2. The molecule has 0 aromatic heterocycles. The molecule has 17 heavy (non-hydrogen) atoms. The van der Waals surface area contributed by atoms with Crippen molar-refractivity contribution in [2.75, 3.05) is 40.3 Å². The van der Waals surface area contributed by atoms with Gasteiger partial charge < -0.3 is 15.4 Å². The molecule has 1 rings (SSSR count). The first-order chi connectivity index (χ1) is 8.04. The van der Waals surface area contributed by atoms with Gasteiger partial charge in [0.15, 0.2) is 0 Å². The normalized spacial score (nSPS) is 25.3. The van der Waals surface area contributed by atoms with Crippen LogP contribution in [0.1, 0.15) is 19.8 Å². The molecule has 0 amide bonds. The van der Waals surface area contributed by atoms with Gasteiger partial charge in [0.2, 0.25) is 0 Å². The lowest BCUT2D eigenvalue weighted by Crippen LogP contribution is -2.42. The number of nitrogens with two attached hydrogens (primary N) is 1. The third-order valence-corrected chi connectivity index (χ3v) is 3.42. The molecule has 0 aromatic rings. The summed E-state index contributed by atoms with van der Waals surface area (Å²) in [6.45, 7) is 6.40. The van der Waals surface area contributed by atoms with Gasteiger partial charge in [-0.1, -0.05) is 0 Å². The monoisotopic (exact) mass is 243 g/mol. The zero-order valence-corrected chi connectivity index (χ0v) is 11.2. The summed E-state index contributed by atoms with van der Waals surface area (Å²) in [6, 6.07) is 0.0283. The topological polar surface area (TPSA) is 58.8 Å². The first-order valence-electron chi connectivity index (χ1n) is 6.30. The Bertz CT molecular complexity index is 248. The number of rotatable bonds is 4. The molecule has 0 spiro atoms. The maximum absolute atomic E-state index is 11.2. The smallest absolute Gasteiger partial charge is 0.322 e. The first-order valence-corrected chi connectivity index (χ1v) is 6.30. The highest BCUT2D eigenvalue weighted by molar-refractivity contribution is 5.75. The van der Waals surface area contributed by atoms with Crippen molar-refractivity contribution in [2.24, 2.45) is 5.73 Å². The molecule has 0 bridgehead atoms. The number of carbonyl (C=O) groups excluding carboxylic acids is 1. The van der Waals surface area contributed by atoms with Gasteiger partial charge in [-0.3, -0.25) is 9.69 Å². The minimum atomic E-state index is -0.492. The largest absolute Gasteiger partial charge is 0.468 e. The van der Waals surface area contributed by atoms with Crippen LogP contribution in [0.4, 0.5) is 0 Å². The Labute approximate surface area is 104 Å². The van der Waals surface area contributed by atoms with Crippen molar-refractivity contribution in [2.45, 2.75) is 31.8 Å². The molecule has 2 atom stereocenters. The highest BCUT2D eigenvalue weighted by Crippen LogP contribution is 2.09. The molecule has 1 aliphatic rings. The third kappa shape index (κ3) is 4.61. The van der Waals surface area contributed by atoms with Gasteiger partial charge in [0.05, 0.1) is 7.11 Å². The van der Waals surface area contributed by atoms with Gasteiger partial charge >= 0.3 is 5.97 Å². The molecule has 100 valence electrons. The summed E-state index contributed by atoms with van der Waals surface area (Å²) in [5, 5.41) is 0. The van der Waals surface area contributed by atoms with Crippen molar-refractivity contribution in [1.82, 2.24) is 9.80 Å². The average molecular weight is 243 g/mol. The summed E-state index contributed by atoms with van der Waals surface area (Å²) in [6.07, 6.45) is 1.84. The third-order valence-electron chi connectivity index (χ3n) is 3.42. The predicted molar refractivity (Wildman–Crippen MR) is 67.8 cm³/mol. The summed E-state index contributed by atoms with van der Waals surface area (Å²) in [5.41, 5.74) is 5.75. The second kappa shape index (κ2) is 6.93. The Kier molecular flexibility index (Phi) is 5.88. The number of likely N-dealkylation sites (N-methyl/N-ethyl adjacent to an activating group) is 1. The number of hydrogen-bond donors (Lipinski definition) is 1. The highest BCUT2D eigenvalue weighted by atomic mass is 16.5. The number of methoxy groups -OCH3 is 1. The van der Waals surface area contributed by atoms with Crippen LogP contribution in [0, 0.1) is 0 Å². The summed E-state index contributed by atoms with van der Waals surface area (Å²) < 4.78 is 4.63. The summed E-state index contributed by atoms with van der Waals surface area (Å²) >= 11 is 0. The minimum absolute atomic E-state index is 0.315. The molecule has 5 heteroatoms. The summed E-state index contributed by atoms with van der Waals surface area (Å²) in [7, 11) is 3.53. The molecule has 1 fully saturated rings. The molecule has 1 heterocycles. The Morgan fingerprint density at radius 1 is 1.53 bits per heavy atom. The first kappa shape index (κ1) is 14.4. The predicted octanol–water partition coefficient (Wildman–Crippen LogP) is -0.0972. The van der Waals surface area contributed by atoms with Crippen LogP contribution >= 0.6 is 0 Å². The Hall–Kier alpha value is -0.650. The van der Waals surface area contributed by atoms with E-state index < -0.39 is 6.04 Å². The van der Waals surface area contributed by atoms with Crippen LogP contribution in [0.15, 0.2) is 0 Å². The maximum Gasteiger partial charge on any atom is 0.322 e. The van der Waals surface area contributed by atoms with Gasteiger partial charge in [0.1, 0.15) is 6.04 Å². The van der Waals surface area contributed by atoms with Gasteiger partial charge in [0.25, 0.3) is 0 Å². The van der Waals surface area contributed by atoms with E-state index in [0.717, 1.165) is 26.2 Å². The van der Waals surface area contributed by atoms with Crippen molar-refractivity contribution in [3.05, 3.63) is 0 Å². The lowest BCUT2D eigenvalue weighted by Gasteiger charge is -2.28. The van der Waals surface area contributed by atoms with E-state index in [2.05, 4.69) is 28.5 Å². The van der Waals surface area contributed by atoms with Crippen LogP contribution in [0.3, 0.4) is 0 Å². The average Bonchev–Trinajstić information content (AvgIpc) is 2.46. The summed E-state index contributed by atoms with van der Waals surface area (Å²) in [4.78, 5) is 16.0. The van der Waals surface area contributed by atoms with Crippen LogP contribution in [0.25, 0.3) is 0 Å². The number of ether oxygens (including phenoxy) is 1. The molecule has 0 aliphatic carbocycles. The van der Waals surface area contributed by atoms with Crippen LogP contribution in [-0.4, -0.2) is 68.2 Å². The number of nitrogens with zero attached hydrogens (tertiary/aromatic N) is 2. The fourth-order valence-corrected chi connectivity index (χ4v) is 2.33. The van der Waals surface area contributed by atoms with E-state index in [0.29, 0.717) is 12.5 Å².